The minimum Gasteiger partial charge on any atom is -0.419 e. The zero-order chi connectivity index (χ0) is 16.1. The fourth-order valence-corrected chi connectivity index (χ4v) is 4.65. The van der Waals surface area contributed by atoms with Gasteiger partial charge in [0, 0.05) is 21.3 Å². The molecule has 3 rings (SSSR count). The molecule has 1 fully saturated rings. The van der Waals surface area contributed by atoms with Gasteiger partial charge in [-0.15, -0.1) is 10.2 Å². The van der Waals surface area contributed by atoms with Gasteiger partial charge in [-0.3, -0.25) is 0 Å². The average Bonchev–Trinajstić information content (AvgIpc) is 3.03. The van der Waals surface area contributed by atoms with Gasteiger partial charge in [0.25, 0.3) is 0 Å². The molecular formula is C17H22BrN3OS. The molecule has 0 bridgehead atoms. The van der Waals surface area contributed by atoms with E-state index in [1.54, 1.807) is 0 Å². The lowest BCUT2D eigenvalue weighted by molar-refractivity contribution is 0.362. The number of benzene rings is 1. The Morgan fingerprint density at radius 1 is 1.30 bits per heavy atom. The number of thioether (sulfide) groups is 1. The number of halogens is 1. The molecule has 1 saturated carbocycles. The molecule has 1 aromatic heterocycles. The molecule has 2 unspecified atom stereocenters. The lowest BCUT2D eigenvalue weighted by Gasteiger charge is -2.31. The zero-order valence-corrected chi connectivity index (χ0v) is 15.7. The summed E-state index contributed by atoms with van der Waals surface area (Å²) in [5.41, 5.74) is 0.940. The topological polar surface area (TPSA) is 51.0 Å². The van der Waals surface area contributed by atoms with Crippen LogP contribution in [0.4, 0.5) is 0 Å². The number of hydrogen-bond acceptors (Lipinski definition) is 5. The van der Waals surface area contributed by atoms with Crippen molar-refractivity contribution in [2.24, 2.45) is 0 Å². The molecule has 1 N–H and O–H groups in total. The maximum atomic E-state index is 5.80. The van der Waals surface area contributed by atoms with Crippen molar-refractivity contribution in [3.8, 4) is 11.5 Å². The smallest absolute Gasteiger partial charge is 0.247 e. The van der Waals surface area contributed by atoms with E-state index >= 15 is 0 Å². The van der Waals surface area contributed by atoms with Crippen LogP contribution in [0.25, 0.3) is 11.5 Å². The third kappa shape index (κ3) is 4.58. The van der Waals surface area contributed by atoms with E-state index in [4.69, 9.17) is 4.42 Å². The Morgan fingerprint density at radius 3 is 3.00 bits per heavy atom. The summed E-state index contributed by atoms with van der Waals surface area (Å²) in [5, 5.41) is 12.7. The monoisotopic (exact) mass is 395 g/mol. The molecule has 2 atom stereocenters. The number of rotatable bonds is 6. The van der Waals surface area contributed by atoms with E-state index in [1.807, 2.05) is 24.3 Å². The highest BCUT2D eigenvalue weighted by atomic mass is 79.9. The Balaban J connectivity index is 1.60. The molecule has 0 radical (unpaired) electrons. The Labute approximate surface area is 150 Å². The highest BCUT2D eigenvalue weighted by molar-refractivity contribution is 9.10. The largest absolute Gasteiger partial charge is 0.419 e. The van der Waals surface area contributed by atoms with E-state index in [0.717, 1.165) is 10.0 Å². The van der Waals surface area contributed by atoms with Gasteiger partial charge in [0.15, 0.2) is 0 Å². The van der Waals surface area contributed by atoms with Gasteiger partial charge in [-0.05, 0) is 36.8 Å². The summed E-state index contributed by atoms with van der Waals surface area (Å²) in [7, 11) is 0. The van der Waals surface area contributed by atoms with E-state index in [0.29, 0.717) is 29.6 Å². The van der Waals surface area contributed by atoms with Crippen LogP contribution in [0, 0.1) is 0 Å². The van der Waals surface area contributed by atoms with E-state index in [9.17, 15) is 0 Å². The Bertz CT molecular complexity index is 632. The average molecular weight is 396 g/mol. The Morgan fingerprint density at radius 2 is 2.17 bits per heavy atom. The highest BCUT2D eigenvalue weighted by Gasteiger charge is 2.25. The minimum atomic E-state index is 0.551. The van der Waals surface area contributed by atoms with Crippen molar-refractivity contribution in [1.82, 2.24) is 15.5 Å². The summed E-state index contributed by atoms with van der Waals surface area (Å²) in [5.74, 6) is 2.41. The predicted molar refractivity (Wildman–Crippen MR) is 98.4 cm³/mol. The third-order valence-electron chi connectivity index (χ3n) is 4.14. The molecule has 124 valence electrons. The van der Waals surface area contributed by atoms with Gasteiger partial charge in [0.2, 0.25) is 11.8 Å². The molecule has 4 nitrogen and oxygen atoms in total. The van der Waals surface area contributed by atoms with Crippen LogP contribution in [0.5, 0.6) is 0 Å². The van der Waals surface area contributed by atoms with Gasteiger partial charge in [-0.25, -0.2) is 0 Å². The maximum Gasteiger partial charge on any atom is 0.247 e. The summed E-state index contributed by atoms with van der Waals surface area (Å²) < 4.78 is 6.81. The lowest BCUT2D eigenvalue weighted by atomic mass is 9.95. The first-order valence-corrected chi connectivity index (χ1v) is 10.0. The summed E-state index contributed by atoms with van der Waals surface area (Å²) in [6.07, 6.45) is 5.21. The Hall–Kier alpha value is -0.850. The molecule has 0 aliphatic heterocycles. The normalized spacial score (nSPS) is 21.5. The molecule has 1 aliphatic rings. The summed E-state index contributed by atoms with van der Waals surface area (Å²) >= 11 is 5.53. The second-order valence-electron chi connectivity index (χ2n) is 5.78. The predicted octanol–water partition coefficient (Wildman–Crippen LogP) is 4.65. The number of hydrogen-bond donors (Lipinski definition) is 1. The Kier molecular flexibility index (Phi) is 6.14. The number of nitrogens with one attached hydrogen (secondary N) is 1. The lowest BCUT2D eigenvalue weighted by Crippen LogP contribution is -2.40. The quantitative estimate of drug-likeness (QED) is 0.770. The second kappa shape index (κ2) is 8.31. The zero-order valence-electron chi connectivity index (χ0n) is 13.3. The van der Waals surface area contributed by atoms with Crippen molar-refractivity contribution in [3.63, 3.8) is 0 Å². The first-order chi connectivity index (χ1) is 11.3. The summed E-state index contributed by atoms with van der Waals surface area (Å²) in [4.78, 5) is 0. The van der Waals surface area contributed by atoms with Crippen LogP contribution in [-0.2, 0) is 6.54 Å². The maximum absolute atomic E-state index is 5.80. The van der Waals surface area contributed by atoms with Gasteiger partial charge in [0.05, 0.1) is 6.54 Å². The second-order valence-corrected chi connectivity index (χ2v) is 8.21. The first kappa shape index (κ1) is 17.0. The van der Waals surface area contributed by atoms with Gasteiger partial charge in [-0.2, -0.15) is 11.8 Å². The molecule has 0 amide bonds. The van der Waals surface area contributed by atoms with Crippen molar-refractivity contribution < 1.29 is 4.42 Å². The van der Waals surface area contributed by atoms with Crippen LogP contribution in [0.3, 0.4) is 0 Å². The number of aromatic nitrogens is 2. The van der Waals surface area contributed by atoms with Crippen LogP contribution >= 0.6 is 27.7 Å². The summed E-state index contributed by atoms with van der Waals surface area (Å²) in [6.45, 7) is 2.88. The summed E-state index contributed by atoms with van der Waals surface area (Å²) in [6, 6.07) is 8.46. The van der Waals surface area contributed by atoms with Crippen molar-refractivity contribution in [1.29, 1.82) is 0 Å². The molecule has 0 spiro atoms. The van der Waals surface area contributed by atoms with Crippen molar-refractivity contribution >= 4 is 27.7 Å². The molecule has 6 heteroatoms. The molecule has 1 aromatic carbocycles. The fourth-order valence-electron chi connectivity index (χ4n) is 3.03. The molecular weight excluding hydrogens is 374 g/mol. The molecule has 2 aromatic rings. The number of nitrogens with zero attached hydrogens (tertiary/aromatic N) is 2. The van der Waals surface area contributed by atoms with Crippen molar-refractivity contribution in [2.75, 3.05) is 5.75 Å². The van der Waals surface area contributed by atoms with Crippen molar-refractivity contribution in [2.45, 2.75) is 50.4 Å². The van der Waals surface area contributed by atoms with Crippen LogP contribution in [0.2, 0.25) is 0 Å². The van der Waals surface area contributed by atoms with E-state index in [1.165, 1.54) is 31.4 Å². The van der Waals surface area contributed by atoms with E-state index in [-0.39, 0.29) is 0 Å². The minimum absolute atomic E-state index is 0.551. The van der Waals surface area contributed by atoms with Gasteiger partial charge in [0.1, 0.15) is 0 Å². The molecule has 1 heterocycles. The van der Waals surface area contributed by atoms with Crippen LogP contribution in [0.1, 0.15) is 38.5 Å². The van der Waals surface area contributed by atoms with Crippen molar-refractivity contribution in [3.05, 3.63) is 34.6 Å². The highest BCUT2D eigenvalue weighted by Crippen LogP contribution is 2.29. The molecule has 23 heavy (non-hydrogen) atoms. The standard InChI is InChI=1S/C17H22BrN3OS/c1-2-23-15-9-4-3-8-14(15)19-11-16-20-21-17(22-16)12-6-5-7-13(18)10-12/h5-7,10,14-15,19H,2-4,8-9,11H2,1H3. The van der Waals surface area contributed by atoms with E-state index < -0.39 is 0 Å². The molecule has 0 saturated heterocycles. The fraction of sp³-hybridized carbons (Fsp3) is 0.529. The molecule has 1 aliphatic carbocycles. The van der Waals surface area contributed by atoms with Gasteiger partial charge >= 0.3 is 0 Å². The van der Waals surface area contributed by atoms with Gasteiger partial charge < -0.3 is 9.73 Å². The van der Waals surface area contributed by atoms with E-state index in [2.05, 4.69) is 50.1 Å². The van der Waals surface area contributed by atoms with Crippen LogP contribution in [-0.4, -0.2) is 27.2 Å². The SMILES string of the molecule is CCSC1CCCCC1NCc1nnc(-c2cccc(Br)c2)o1. The van der Waals surface area contributed by atoms with Gasteiger partial charge in [-0.1, -0.05) is 41.8 Å². The third-order valence-corrected chi connectivity index (χ3v) is 5.96. The first-order valence-electron chi connectivity index (χ1n) is 8.19. The van der Waals surface area contributed by atoms with Crippen LogP contribution < -0.4 is 5.32 Å². The van der Waals surface area contributed by atoms with Crippen LogP contribution in [0.15, 0.2) is 33.2 Å².